The smallest absolute Gasteiger partial charge is 0.356 e. The third-order valence-electron chi connectivity index (χ3n) is 4.20. The van der Waals surface area contributed by atoms with Crippen molar-refractivity contribution in [3.63, 3.8) is 0 Å². The number of carbonyl (C=O) groups excluding carboxylic acids is 1. The van der Waals surface area contributed by atoms with Gasteiger partial charge in [0.05, 0.1) is 12.8 Å². The molecule has 0 amide bonds. The molecule has 1 aliphatic carbocycles. The molecule has 1 saturated carbocycles. The van der Waals surface area contributed by atoms with Gasteiger partial charge in [0.1, 0.15) is 0 Å². The summed E-state index contributed by atoms with van der Waals surface area (Å²) in [5.41, 5.74) is 6.92. The monoisotopic (exact) mass is 277 g/mol. The Morgan fingerprint density at radius 2 is 2.10 bits per heavy atom. The highest BCUT2D eigenvalue weighted by Crippen LogP contribution is 2.32. The van der Waals surface area contributed by atoms with Crippen molar-refractivity contribution in [2.45, 2.75) is 38.6 Å². The summed E-state index contributed by atoms with van der Waals surface area (Å²) in [7, 11) is 3.36. The largest absolute Gasteiger partial charge is 0.464 e. The van der Waals surface area contributed by atoms with Crippen molar-refractivity contribution >= 4 is 17.5 Å². The van der Waals surface area contributed by atoms with Crippen molar-refractivity contribution in [1.82, 2.24) is 4.98 Å². The predicted octanol–water partition coefficient (Wildman–Crippen LogP) is 2.47. The van der Waals surface area contributed by atoms with Crippen molar-refractivity contribution in [3.8, 4) is 0 Å². The van der Waals surface area contributed by atoms with Gasteiger partial charge in [0, 0.05) is 13.1 Å². The Morgan fingerprint density at radius 3 is 2.75 bits per heavy atom. The minimum absolute atomic E-state index is 0.298. The lowest BCUT2D eigenvalue weighted by atomic mass is 9.85. The fourth-order valence-corrected chi connectivity index (χ4v) is 2.99. The summed E-state index contributed by atoms with van der Waals surface area (Å²) in [6.07, 6.45) is 4.89. The number of hydrogen-bond acceptors (Lipinski definition) is 5. The van der Waals surface area contributed by atoms with Crippen molar-refractivity contribution in [2.24, 2.45) is 5.92 Å². The van der Waals surface area contributed by atoms with Crippen LogP contribution < -0.4 is 10.6 Å². The molecule has 1 aromatic rings. The maximum absolute atomic E-state index is 11.6. The van der Waals surface area contributed by atoms with Crippen LogP contribution in [-0.4, -0.2) is 31.2 Å². The minimum Gasteiger partial charge on any atom is -0.464 e. The summed E-state index contributed by atoms with van der Waals surface area (Å²) in [4.78, 5) is 18.1. The van der Waals surface area contributed by atoms with Crippen LogP contribution in [0.3, 0.4) is 0 Å². The molecule has 1 fully saturated rings. The Balaban J connectivity index is 2.28. The zero-order valence-electron chi connectivity index (χ0n) is 12.4. The molecule has 2 atom stereocenters. The van der Waals surface area contributed by atoms with Gasteiger partial charge >= 0.3 is 5.97 Å². The summed E-state index contributed by atoms with van der Waals surface area (Å²) in [6, 6.07) is 3.74. The summed E-state index contributed by atoms with van der Waals surface area (Å²) in [5.74, 6) is 0.847. The van der Waals surface area contributed by atoms with Gasteiger partial charge in [-0.1, -0.05) is 19.8 Å². The maximum atomic E-state index is 11.6. The quantitative estimate of drug-likeness (QED) is 0.860. The van der Waals surface area contributed by atoms with Crippen LogP contribution in [0, 0.1) is 5.92 Å². The van der Waals surface area contributed by atoms with Gasteiger partial charge in [-0.2, -0.15) is 0 Å². The second-order valence-corrected chi connectivity index (χ2v) is 5.54. The zero-order valence-corrected chi connectivity index (χ0v) is 12.4. The lowest BCUT2D eigenvalue weighted by Gasteiger charge is -2.37. The lowest BCUT2D eigenvalue weighted by molar-refractivity contribution is 0.0594. The van der Waals surface area contributed by atoms with E-state index in [1.807, 2.05) is 7.05 Å². The molecule has 0 aromatic carbocycles. The highest BCUT2D eigenvalue weighted by atomic mass is 16.5. The van der Waals surface area contributed by atoms with E-state index in [9.17, 15) is 4.79 Å². The average molecular weight is 277 g/mol. The molecule has 1 aromatic heterocycles. The van der Waals surface area contributed by atoms with E-state index in [4.69, 9.17) is 10.5 Å². The van der Waals surface area contributed by atoms with Crippen LogP contribution in [0.4, 0.5) is 11.5 Å². The number of carbonyl (C=O) groups is 1. The van der Waals surface area contributed by atoms with Crippen LogP contribution in [0.1, 0.15) is 43.1 Å². The molecule has 1 heterocycles. The number of nitrogens with two attached hydrogens (primary N) is 1. The molecule has 110 valence electrons. The normalized spacial score (nSPS) is 22.4. The molecule has 2 rings (SSSR count). The van der Waals surface area contributed by atoms with E-state index in [0.29, 0.717) is 29.2 Å². The summed E-state index contributed by atoms with van der Waals surface area (Å²) in [5, 5.41) is 0. The molecule has 0 saturated heterocycles. The van der Waals surface area contributed by atoms with Crippen LogP contribution in [-0.2, 0) is 4.74 Å². The number of methoxy groups -OCH3 is 1. The van der Waals surface area contributed by atoms with E-state index >= 15 is 0 Å². The van der Waals surface area contributed by atoms with Gasteiger partial charge in [0.25, 0.3) is 0 Å². The second-order valence-electron chi connectivity index (χ2n) is 5.54. The van der Waals surface area contributed by atoms with Crippen LogP contribution in [0.5, 0.6) is 0 Å². The Labute approximate surface area is 120 Å². The molecular formula is C15H23N3O2. The molecule has 0 radical (unpaired) electrons. The van der Waals surface area contributed by atoms with Crippen molar-refractivity contribution < 1.29 is 9.53 Å². The number of esters is 1. The number of aromatic nitrogens is 1. The van der Waals surface area contributed by atoms with Crippen LogP contribution in [0.25, 0.3) is 0 Å². The number of ether oxygens (including phenoxy) is 1. The molecule has 2 N–H and O–H groups in total. The first kappa shape index (κ1) is 14.6. The van der Waals surface area contributed by atoms with Gasteiger partial charge in [-0.15, -0.1) is 0 Å². The molecular weight excluding hydrogens is 254 g/mol. The summed E-state index contributed by atoms with van der Waals surface area (Å²) >= 11 is 0. The van der Waals surface area contributed by atoms with Crippen LogP contribution >= 0.6 is 0 Å². The Bertz CT molecular complexity index is 490. The van der Waals surface area contributed by atoms with Crippen molar-refractivity contribution in [2.75, 3.05) is 24.8 Å². The predicted molar refractivity (Wildman–Crippen MR) is 79.8 cm³/mol. The van der Waals surface area contributed by atoms with E-state index in [1.54, 1.807) is 12.1 Å². The number of rotatable bonds is 3. The fraction of sp³-hybridized carbons (Fsp3) is 0.600. The number of hydrogen-bond donors (Lipinski definition) is 1. The maximum Gasteiger partial charge on any atom is 0.356 e. The molecule has 2 unspecified atom stereocenters. The molecule has 0 bridgehead atoms. The standard InChI is InChI=1S/C15H23N3O2/c1-10-6-4-5-7-13(10)18(2)14-11(16)8-9-12(17-14)15(19)20-3/h8-10,13H,4-7,16H2,1-3H3. The average Bonchev–Trinajstić information content (AvgIpc) is 2.46. The summed E-state index contributed by atoms with van der Waals surface area (Å²) in [6.45, 7) is 2.26. The Morgan fingerprint density at radius 1 is 1.40 bits per heavy atom. The van der Waals surface area contributed by atoms with E-state index in [0.717, 1.165) is 6.42 Å². The van der Waals surface area contributed by atoms with Gasteiger partial charge in [0.15, 0.2) is 11.5 Å². The SMILES string of the molecule is COC(=O)c1ccc(N)c(N(C)C2CCCCC2C)n1. The first-order valence-corrected chi connectivity index (χ1v) is 7.12. The highest BCUT2D eigenvalue weighted by molar-refractivity contribution is 5.88. The number of nitrogens with zero attached hydrogens (tertiary/aromatic N) is 2. The van der Waals surface area contributed by atoms with Crippen molar-refractivity contribution in [3.05, 3.63) is 17.8 Å². The first-order valence-electron chi connectivity index (χ1n) is 7.12. The van der Waals surface area contributed by atoms with E-state index < -0.39 is 5.97 Å². The minimum atomic E-state index is -0.434. The Kier molecular flexibility index (Phi) is 4.47. The molecule has 0 spiro atoms. The molecule has 0 aliphatic heterocycles. The number of nitrogen functional groups attached to an aromatic ring is 1. The number of pyridine rings is 1. The first-order chi connectivity index (χ1) is 9.54. The zero-order chi connectivity index (χ0) is 14.7. The van der Waals surface area contributed by atoms with E-state index in [2.05, 4.69) is 16.8 Å². The molecule has 5 heteroatoms. The Hall–Kier alpha value is -1.78. The number of anilines is 2. The fourth-order valence-electron chi connectivity index (χ4n) is 2.99. The molecule has 20 heavy (non-hydrogen) atoms. The second kappa shape index (κ2) is 6.11. The highest BCUT2D eigenvalue weighted by Gasteiger charge is 2.27. The van der Waals surface area contributed by atoms with E-state index in [-0.39, 0.29) is 0 Å². The van der Waals surface area contributed by atoms with Gasteiger partial charge in [-0.3, -0.25) is 0 Å². The topological polar surface area (TPSA) is 68.5 Å². The van der Waals surface area contributed by atoms with Gasteiger partial charge in [-0.25, -0.2) is 9.78 Å². The molecule has 5 nitrogen and oxygen atoms in total. The van der Waals surface area contributed by atoms with Gasteiger partial charge in [0.2, 0.25) is 0 Å². The molecule has 1 aliphatic rings. The lowest BCUT2D eigenvalue weighted by Crippen LogP contribution is -2.40. The van der Waals surface area contributed by atoms with Crippen molar-refractivity contribution in [1.29, 1.82) is 0 Å². The van der Waals surface area contributed by atoms with Gasteiger partial charge in [-0.05, 0) is 30.9 Å². The third-order valence-corrected chi connectivity index (χ3v) is 4.20. The van der Waals surface area contributed by atoms with Gasteiger partial charge < -0.3 is 15.4 Å². The third kappa shape index (κ3) is 2.86. The summed E-state index contributed by atoms with van der Waals surface area (Å²) < 4.78 is 4.72. The van der Waals surface area contributed by atoms with Crippen LogP contribution in [0.15, 0.2) is 12.1 Å². The van der Waals surface area contributed by atoms with Crippen LogP contribution in [0.2, 0.25) is 0 Å². The van der Waals surface area contributed by atoms with E-state index in [1.165, 1.54) is 26.4 Å².